The third-order valence-electron chi connectivity index (χ3n) is 2.93. The largest absolute Gasteiger partial charge is 0.366 e. The molecule has 3 rings (SSSR count). The number of carbonyl (C=O) groups is 1. The average Bonchev–Trinajstić information content (AvgIpc) is 3.26. The first-order valence-corrected chi connectivity index (χ1v) is 6.76. The van der Waals surface area contributed by atoms with Crippen LogP contribution < -0.4 is 10.6 Å². The highest BCUT2D eigenvalue weighted by atomic mass is 35.5. The summed E-state index contributed by atoms with van der Waals surface area (Å²) in [6.07, 6.45) is 2.33. The Balaban J connectivity index is 1.65. The first-order chi connectivity index (χ1) is 9.70. The minimum atomic E-state index is -0.294. The summed E-state index contributed by atoms with van der Waals surface area (Å²) in [6.45, 7) is 0. The van der Waals surface area contributed by atoms with E-state index in [1.165, 1.54) is 12.8 Å². The first-order valence-electron chi connectivity index (χ1n) is 6.38. The van der Waals surface area contributed by atoms with Gasteiger partial charge in [-0.1, -0.05) is 11.6 Å². The molecule has 0 saturated heterocycles. The van der Waals surface area contributed by atoms with Crippen LogP contribution in [0.5, 0.6) is 0 Å². The van der Waals surface area contributed by atoms with Gasteiger partial charge in [0.1, 0.15) is 5.82 Å². The molecule has 5 nitrogen and oxygen atoms in total. The van der Waals surface area contributed by atoms with Gasteiger partial charge in [-0.25, -0.2) is 0 Å². The van der Waals surface area contributed by atoms with Crippen LogP contribution in [0.1, 0.15) is 23.3 Å². The van der Waals surface area contributed by atoms with Gasteiger partial charge in [0.15, 0.2) is 5.69 Å². The van der Waals surface area contributed by atoms with Crippen LogP contribution in [-0.4, -0.2) is 22.1 Å². The van der Waals surface area contributed by atoms with Crippen molar-refractivity contribution in [3.63, 3.8) is 0 Å². The SMILES string of the molecule is O=C(Nc1ccc(Cl)cc1)c1ccc(NC2CC2)nn1. The standard InChI is InChI=1S/C14H13ClN4O/c15-9-1-3-11(4-2-9)17-14(20)12-7-8-13(19-18-12)16-10-5-6-10/h1-4,7-8,10H,5-6H2,(H,16,19)(H,17,20). The van der Waals surface area contributed by atoms with Gasteiger partial charge in [0.05, 0.1) is 0 Å². The average molecular weight is 289 g/mol. The number of nitrogens with one attached hydrogen (secondary N) is 2. The second-order valence-electron chi connectivity index (χ2n) is 4.68. The van der Waals surface area contributed by atoms with Crippen LogP contribution in [0.3, 0.4) is 0 Å². The zero-order valence-corrected chi connectivity index (χ0v) is 11.4. The summed E-state index contributed by atoms with van der Waals surface area (Å²) in [4.78, 5) is 12.0. The van der Waals surface area contributed by atoms with Crippen molar-refractivity contribution in [3.8, 4) is 0 Å². The minimum Gasteiger partial charge on any atom is -0.366 e. The van der Waals surface area contributed by atoms with Gasteiger partial charge in [-0.3, -0.25) is 4.79 Å². The Labute approximate surface area is 121 Å². The molecule has 2 N–H and O–H groups in total. The highest BCUT2D eigenvalue weighted by Crippen LogP contribution is 2.23. The Bertz CT molecular complexity index is 608. The van der Waals surface area contributed by atoms with E-state index in [1.807, 2.05) is 0 Å². The number of hydrogen-bond donors (Lipinski definition) is 2. The molecule has 1 fully saturated rings. The molecule has 1 aliphatic carbocycles. The molecule has 2 aromatic rings. The summed E-state index contributed by atoms with van der Waals surface area (Å²) in [5, 5.41) is 14.5. The predicted molar refractivity (Wildman–Crippen MR) is 78.1 cm³/mol. The van der Waals surface area contributed by atoms with Gasteiger partial charge in [-0.05, 0) is 49.2 Å². The summed E-state index contributed by atoms with van der Waals surface area (Å²) < 4.78 is 0. The van der Waals surface area contributed by atoms with Gasteiger partial charge in [-0.2, -0.15) is 0 Å². The molecule has 0 aliphatic heterocycles. The van der Waals surface area contributed by atoms with E-state index in [2.05, 4.69) is 20.8 Å². The van der Waals surface area contributed by atoms with E-state index in [9.17, 15) is 4.79 Å². The van der Waals surface area contributed by atoms with E-state index < -0.39 is 0 Å². The van der Waals surface area contributed by atoms with E-state index >= 15 is 0 Å². The highest BCUT2D eigenvalue weighted by molar-refractivity contribution is 6.30. The summed E-state index contributed by atoms with van der Waals surface area (Å²) in [6, 6.07) is 10.8. The molecule has 0 bridgehead atoms. The first kappa shape index (κ1) is 12.9. The van der Waals surface area contributed by atoms with Crippen molar-refractivity contribution >= 4 is 29.0 Å². The van der Waals surface area contributed by atoms with Crippen molar-refractivity contribution in [2.24, 2.45) is 0 Å². The number of amides is 1. The molecule has 6 heteroatoms. The number of benzene rings is 1. The molecule has 20 heavy (non-hydrogen) atoms. The van der Waals surface area contributed by atoms with Gasteiger partial charge < -0.3 is 10.6 Å². The van der Waals surface area contributed by atoms with Crippen LogP contribution in [0.4, 0.5) is 11.5 Å². The number of aromatic nitrogens is 2. The molecule has 1 heterocycles. The van der Waals surface area contributed by atoms with Crippen molar-refractivity contribution in [2.45, 2.75) is 18.9 Å². The summed E-state index contributed by atoms with van der Waals surface area (Å²) in [5.41, 5.74) is 0.947. The van der Waals surface area contributed by atoms with E-state index in [1.54, 1.807) is 36.4 Å². The Morgan fingerprint density at radius 3 is 2.45 bits per heavy atom. The minimum absolute atomic E-state index is 0.279. The zero-order chi connectivity index (χ0) is 13.9. The smallest absolute Gasteiger partial charge is 0.276 e. The number of carbonyl (C=O) groups excluding carboxylic acids is 1. The Kier molecular flexibility index (Phi) is 3.52. The molecule has 0 radical (unpaired) electrons. The van der Waals surface area contributed by atoms with Crippen molar-refractivity contribution in [2.75, 3.05) is 10.6 Å². The molecule has 0 atom stereocenters. The van der Waals surface area contributed by atoms with Crippen LogP contribution in [0.25, 0.3) is 0 Å². The molecular formula is C14H13ClN4O. The maximum Gasteiger partial charge on any atom is 0.276 e. The van der Waals surface area contributed by atoms with Gasteiger partial charge >= 0.3 is 0 Å². The number of nitrogens with zero attached hydrogens (tertiary/aromatic N) is 2. The van der Waals surface area contributed by atoms with Gasteiger partial charge in [0.25, 0.3) is 5.91 Å². The zero-order valence-electron chi connectivity index (χ0n) is 10.6. The van der Waals surface area contributed by atoms with Crippen molar-refractivity contribution < 1.29 is 4.79 Å². The topological polar surface area (TPSA) is 66.9 Å². The lowest BCUT2D eigenvalue weighted by molar-refractivity contribution is 0.102. The lowest BCUT2D eigenvalue weighted by Gasteiger charge is -2.05. The Morgan fingerprint density at radius 1 is 1.10 bits per heavy atom. The molecule has 102 valence electrons. The predicted octanol–water partition coefficient (Wildman–Crippen LogP) is 2.96. The lowest BCUT2D eigenvalue weighted by Crippen LogP contribution is -2.15. The van der Waals surface area contributed by atoms with Crippen LogP contribution >= 0.6 is 11.6 Å². The second-order valence-corrected chi connectivity index (χ2v) is 5.12. The number of anilines is 2. The molecule has 1 aromatic heterocycles. The van der Waals surface area contributed by atoms with Crippen LogP contribution in [0.15, 0.2) is 36.4 Å². The summed E-state index contributed by atoms with van der Waals surface area (Å²) in [5.74, 6) is 0.410. The summed E-state index contributed by atoms with van der Waals surface area (Å²) >= 11 is 5.79. The van der Waals surface area contributed by atoms with E-state index in [0.717, 1.165) is 0 Å². The van der Waals surface area contributed by atoms with E-state index in [4.69, 9.17) is 11.6 Å². The van der Waals surface area contributed by atoms with E-state index in [0.29, 0.717) is 22.6 Å². The van der Waals surface area contributed by atoms with Crippen molar-refractivity contribution in [1.29, 1.82) is 0 Å². The molecule has 0 spiro atoms. The van der Waals surface area contributed by atoms with Crippen LogP contribution in [-0.2, 0) is 0 Å². The second kappa shape index (κ2) is 5.46. The monoisotopic (exact) mass is 288 g/mol. The molecular weight excluding hydrogens is 276 g/mol. The van der Waals surface area contributed by atoms with Crippen LogP contribution in [0.2, 0.25) is 5.02 Å². The quantitative estimate of drug-likeness (QED) is 0.908. The third-order valence-corrected chi connectivity index (χ3v) is 3.18. The molecule has 1 aliphatic rings. The Hall–Kier alpha value is -2.14. The van der Waals surface area contributed by atoms with Crippen LogP contribution in [0, 0.1) is 0 Å². The number of hydrogen-bond acceptors (Lipinski definition) is 4. The maximum absolute atomic E-state index is 12.0. The maximum atomic E-state index is 12.0. The number of halogens is 1. The van der Waals surface area contributed by atoms with Gasteiger partial charge in [0, 0.05) is 16.8 Å². The van der Waals surface area contributed by atoms with E-state index in [-0.39, 0.29) is 11.6 Å². The fourth-order valence-electron chi connectivity index (χ4n) is 1.70. The molecule has 0 unspecified atom stereocenters. The van der Waals surface area contributed by atoms with Gasteiger partial charge in [0.2, 0.25) is 0 Å². The third kappa shape index (κ3) is 3.24. The molecule has 1 aromatic carbocycles. The lowest BCUT2D eigenvalue weighted by atomic mass is 10.3. The van der Waals surface area contributed by atoms with Crippen molar-refractivity contribution in [1.82, 2.24) is 10.2 Å². The van der Waals surface area contributed by atoms with Gasteiger partial charge in [-0.15, -0.1) is 10.2 Å². The number of rotatable bonds is 4. The summed E-state index contributed by atoms with van der Waals surface area (Å²) in [7, 11) is 0. The molecule has 1 saturated carbocycles. The normalized spacial score (nSPS) is 13.8. The highest BCUT2D eigenvalue weighted by Gasteiger charge is 2.21. The van der Waals surface area contributed by atoms with Crippen molar-refractivity contribution in [3.05, 3.63) is 47.1 Å². The molecule has 1 amide bonds. The fourth-order valence-corrected chi connectivity index (χ4v) is 1.82. The Morgan fingerprint density at radius 2 is 1.85 bits per heavy atom. The fraction of sp³-hybridized carbons (Fsp3) is 0.214.